The van der Waals surface area contributed by atoms with E-state index in [0.29, 0.717) is 12.1 Å². The first-order valence-corrected chi connectivity index (χ1v) is 7.58. The molecule has 23 heavy (non-hydrogen) atoms. The first-order chi connectivity index (χ1) is 11.2. The molecule has 2 heterocycles. The van der Waals surface area contributed by atoms with Crippen LogP contribution in [0.15, 0.2) is 48.8 Å². The molecule has 0 bridgehead atoms. The van der Waals surface area contributed by atoms with Crippen LogP contribution in [0, 0.1) is 0 Å². The molecule has 118 valence electrons. The molecule has 5 nitrogen and oxygen atoms in total. The topological polar surface area (TPSA) is 56.2 Å². The quantitative estimate of drug-likeness (QED) is 0.788. The summed E-state index contributed by atoms with van der Waals surface area (Å²) >= 11 is 0. The fourth-order valence-electron chi connectivity index (χ4n) is 2.60. The molecule has 1 N–H and O–H groups in total. The number of rotatable bonds is 5. The number of nitrogens with zero attached hydrogens (tertiary/aromatic N) is 2. The molecule has 0 aliphatic carbocycles. The zero-order valence-corrected chi connectivity index (χ0v) is 13.2. The molecule has 0 atom stereocenters. The average molecular weight is 309 g/mol. The van der Waals surface area contributed by atoms with Crippen molar-refractivity contribution in [3.8, 4) is 5.75 Å². The number of carbonyl (C=O) groups is 1. The van der Waals surface area contributed by atoms with Crippen LogP contribution < -0.4 is 10.1 Å². The molecule has 2 aromatic heterocycles. The van der Waals surface area contributed by atoms with Crippen LogP contribution in [0.1, 0.15) is 22.8 Å². The third-order valence-electron chi connectivity index (χ3n) is 3.81. The average Bonchev–Trinajstić information content (AvgIpc) is 2.99. The number of pyridine rings is 1. The van der Waals surface area contributed by atoms with Crippen molar-refractivity contribution in [3.05, 3.63) is 59.9 Å². The van der Waals surface area contributed by atoms with Gasteiger partial charge in [-0.25, -0.2) is 4.98 Å². The maximum Gasteiger partial charge on any atom is 0.253 e. The van der Waals surface area contributed by atoms with E-state index in [0.717, 1.165) is 28.9 Å². The first kappa shape index (κ1) is 15.1. The van der Waals surface area contributed by atoms with Crippen LogP contribution in [0.3, 0.4) is 0 Å². The summed E-state index contributed by atoms with van der Waals surface area (Å²) in [6.45, 7) is 3.26. The summed E-state index contributed by atoms with van der Waals surface area (Å²) in [4.78, 5) is 16.9. The van der Waals surface area contributed by atoms with Crippen LogP contribution >= 0.6 is 0 Å². The van der Waals surface area contributed by atoms with Crippen LogP contribution in [-0.4, -0.2) is 22.6 Å². The molecule has 0 fully saturated rings. The van der Waals surface area contributed by atoms with Gasteiger partial charge in [-0.15, -0.1) is 0 Å². The predicted molar refractivity (Wildman–Crippen MR) is 89.6 cm³/mol. The number of methoxy groups -OCH3 is 1. The SMILES string of the molecule is CCn1cc(C(=O)NCc2cccc(OC)c2)c2cccnc21. The predicted octanol–water partition coefficient (Wildman–Crippen LogP) is 2.99. The van der Waals surface area contributed by atoms with Gasteiger partial charge < -0.3 is 14.6 Å². The highest BCUT2D eigenvalue weighted by molar-refractivity contribution is 6.06. The molecule has 0 saturated carbocycles. The molecule has 1 aromatic carbocycles. The first-order valence-electron chi connectivity index (χ1n) is 7.58. The summed E-state index contributed by atoms with van der Waals surface area (Å²) < 4.78 is 7.18. The third-order valence-corrected chi connectivity index (χ3v) is 3.81. The Labute approximate surface area is 134 Å². The van der Waals surface area contributed by atoms with Crippen LogP contribution in [-0.2, 0) is 13.1 Å². The fourth-order valence-corrected chi connectivity index (χ4v) is 2.60. The maximum absolute atomic E-state index is 12.5. The second-order valence-electron chi connectivity index (χ2n) is 5.24. The normalized spacial score (nSPS) is 10.7. The summed E-state index contributed by atoms with van der Waals surface area (Å²) in [7, 11) is 1.63. The van der Waals surface area contributed by atoms with Crippen LogP contribution in [0.2, 0.25) is 0 Å². The van der Waals surface area contributed by atoms with Gasteiger partial charge in [0.25, 0.3) is 5.91 Å². The summed E-state index contributed by atoms with van der Waals surface area (Å²) in [5.41, 5.74) is 2.48. The van der Waals surface area contributed by atoms with E-state index >= 15 is 0 Å². The molecular formula is C18H19N3O2. The second kappa shape index (κ2) is 6.52. The number of hydrogen-bond donors (Lipinski definition) is 1. The van der Waals surface area contributed by atoms with Crippen molar-refractivity contribution in [1.82, 2.24) is 14.9 Å². The molecule has 0 aliphatic rings. The fraction of sp³-hybridized carbons (Fsp3) is 0.222. The second-order valence-corrected chi connectivity index (χ2v) is 5.24. The number of benzene rings is 1. The van der Waals surface area contributed by atoms with Gasteiger partial charge in [-0.05, 0) is 36.8 Å². The van der Waals surface area contributed by atoms with Crippen molar-refractivity contribution in [2.75, 3.05) is 7.11 Å². The lowest BCUT2D eigenvalue weighted by atomic mass is 10.2. The number of aromatic nitrogens is 2. The van der Waals surface area contributed by atoms with Crippen LogP contribution in [0.5, 0.6) is 5.75 Å². The lowest BCUT2D eigenvalue weighted by molar-refractivity contribution is 0.0952. The Morgan fingerprint density at radius 1 is 1.30 bits per heavy atom. The van der Waals surface area contributed by atoms with E-state index in [1.165, 1.54) is 0 Å². The Morgan fingerprint density at radius 2 is 2.17 bits per heavy atom. The van der Waals surface area contributed by atoms with Gasteiger partial charge in [0.05, 0.1) is 12.7 Å². The van der Waals surface area contributed by atoms with E-state index in [1.807, 2.05) is 54.1 Å². The van der Waals surface area contributed by atoms with Crippen molar-refractivity contribution < 1.29 is 9.53 Å². The smallest absolute Gasteiger partial charge is 0.253 e. The molecule has 3 aromatic rings. The summed E-state index contributed by atoms with van der Waals surface area (Å²) in [5, 5.41) is 3.83. The molecule has 3 rings (SSSR count). The van der Waals surface area contributed by atoms with Crippen LogP contribution in [0.25, 0.3) is 11.0 Å². The van der Waals surface area contributed by atoms with E-state index in [2.05, 4.69) is 10.3 Å². The van der Waals surface area contributed by atoms with Gasteiger partial charge in [0, 0.05) is 30.9 Å². The Kier molecular flexibility index (Phi) is 4.28. The van der Waals surface area contributed by atoms with Gasteiger partial charge in [0.1, 0.15) is 11.4 Å². The molecule has 0 unspecified atom stereocenters. The molecule has 0 saturated heterocycles. The monoisotopic (exact) mass is 309 g/mol. The Bertz CT molecular complexity index is 839. The van der Waals surface area contributed by atoms with E-state index in [-0.39, 0.29) is 5.91 Å². The van der Waals surface area contributed by atoms with E-state index in [9.17, 15) is 4.79 Å². The number of nitrogens with one attached hydrogen (secondary N) is 1. The number of amides is 1. The van der Waals surface area contributed by atoms with Gasteiger partial charge in [-0.2, -0.15) is 0 Å². The van der Waals surface area contributed by atoms with Crippen molar-refractivity contribution in [3.63, 3.8) is 0 Å². The molecule has 0 aliphatic heterocycles. The molecule has 0 radical (unpaired) electrons. The van der Waals surface area contributed by atoms with Gasteiger partial charge in [-0.3, -0.25) is 4.79 Å². The van der Waals surface area contributed by atoms with E-state index in [4.69, 9.17) is 4.74 Å². The Morgan fingerprint density at radius 3 is 2.96 bits per heavy atom. The third kappa shape index (κ3) is 3.04. The molecule has 5 heteroatoms. The van der Waals surface area contributed by atoms with Crippen LogP contribution in [0.4, 0.5) is 0 Å². The number of hydrogen-bond acceptors (Lipinski definition) is 3. The summed E-state index contributed by atoms with van der Waals surface area (Å²) in [5.74, 6) is 0.682. The zero-order chi connectivity index (χ0) is 16.2. The number of ether oxygens (including phenoxy) is 1. The minimum Gasteiger partial charge on any atom is -0.497 e. The minimum atomic E-state index is -0.0991. The maximum atomic E-state index is 12.5. The number of aryl methyl sites for hydroxylation is 1. The Hall–Kier alpha value is -2.82. The van der Waals surface area contributed by atoms with E-state index < -0.39 is 0 Å². The van der Waals surface area contributed by atoms with Gasteiger partial charge >= 0.3 is 0 Å². The highest BCUT2D eigenvalue weighted by atomic mass is 16.5. The lowest BCUT2D eigenvalue weighted by Gasteiger charge is -2.06. The highest BCUT2D eigenvalue weighted by Crippen LogP contribution is 2.19. The van der Waals surface area contributed by atoms with Crippen molar-refractivity contribution in [2.45, 2.75) is 20.0 Å². The minimum absolute atomic E-state index is 0.0991. The number of carbonyl (C=O) groups excluding carboxylic acids is 1. The van der Waals surface area contributed by atoms with Gasteiger partial charge in [0.2, 0.25) is 0 Å². The van der Waals surface area contributed by atoms with Crippen molar-refractivity contribution >= 4 is 16.9 Å². The molecular weight excluding hydrogens is 290 g/mol. The number of fused-ring (bicyclic) bond motifs is 1. The van der Waals surface area contributed by atoms with Crippen molar-refractivity contribution in [1.29, 1.82) is 0 Å². The Balaban J connectivity index is 1.81. The molecule has 0 spiro atoms. The molecule has 1 amide bonds. The van der Waals surface area contributed by atoms with Gasteiger partial charge in [-0.1, -0.05) is 12.1 Å². The summed E-state index contributed by atoms with van der Waals surface area (Å²) in [6.07, 6.45) is 3.60. The lowest BCUT2D eigenvalue weighted by Crippen LogP contribution is -2.22. The summed E-state index contributed by atoms with van der Waals surface area (Å²) in [6, 6.07) is 11.4. The van der Waals surface area contributed by atoms with E-state index in [1.54, 1.807) is 13.3 Å². The van der Waals surface area contributed by atoms with Crippen molar-refractivity contribution in [2.24, 2.45) is 0 Å². The highest BCUT2D eigenvalue weighted by Gasteiger charge is 2.14. The van der Waals surface area contributed by atoms with Gasteiger partial charge in [0.15, 0.2) is 0 Å². The zero-order valence-electron chi connectivity index (χ0n) is 13.2. The standard InChI is InChI=1S/C18H19N3O2/c1-3-21-12-16(15-8-5-9-19-17(15)21)18(22)20-11-13-6-4-7-14(10-13)23-2/h4-10,12H,3,11H2,1-2H3,(H,20,22). The largest absolute Gasteiger partial charge is 0.497 e.